The van der Waals surface area contributed by atoms with Crippen LogP contribution in [0.5, 0.6) is 0 Å². The standard InChI is InChI=1S/C23H28FN7O4/c1-23(5-6-23)28-22(32)35-16-11-34-20(19(16)24)15-7-17(30-29-15)27-21-26-14(12-3-4-12)8-18-25-13(10-33-2)9-31(18)21/h7-9,12,16,19-20H,3-6,10-11H2,1-2H3,(H,28,32)(H2,26,27,29,30)/t16-,19+,20-/m1/s1. The number of amides is 1. The van der Waals surface area contributed by atoms with Crippen LogP contribution in [0.1, 0.15) is 61.7 Å². The molecule has 1 saturated heterocycles. The molecule has 0 aromatic carbocycles. The van der Waals surface area contributed by atoms with Crippen molar-refractivity contribution in [3.63, 3.8) is 0 Å². The highest BCUT2D eigenvalue weighted by atomic mass is 19.1. The minimum Gasteiger partial charge on any atom is -0.441 e. The van der Waals surface area contributed by atoms with E-state index in [1.807, 2.05) is 23.6 Å². The van der Waals surface area contributed by atoms with Crippen LogP contribution in [0, 0.1) is 0 Å². The van der Waals surface area contributed by atoms with Crippen LogP contribution in [-0.4, -0.2) is 62.2 Å². The van der Waals surface area contributed by atoms with Gasteiger partial charge in [0.25, 0.3) is 0 Å². The summed E-state index contributed by atoms with van der Waals surface area (Å²) in [6.45, 7) is 2.30. The number of nitrogens with one attached hydrogen (secondary N) is 3. The lowest BCUT2D eigenvalue weighted by Crippen LogP contribution is -2.39. The lowest BCUT2D eigenvalue weighted by atomic mass is 10.1. The van der Waals surface area contributed by atoms with Gasteiger partial charge in [0.15, 0.2) is 18.1 Å². The number of carbonyl (C=O) groups excluding carboxylic acids is 1. The molecule has 2 aliphatic carbocycles. The maximum Gasteiger partial charge on any atom is 0.408 e. The van der Waals surface area contributed by atoms with Crippen molar-refractivity contribution in [1.82, 2.24) is 29.9 Å². The number of imidazole rings is 1. The number of H-pyrrole nitrogens is 1. The second-order valence-corrected chi connectivity index (χ2v) is 9.83. The highest BCUT2D eigenvalue weighted by molar-refractivity contribution is 5.69. The van der Waals surface area contributed by atoms with Crippen LogP contribution >= 0.6 is 0 Å². The largest absolute Gasteiger partial charge is 0.441 e. The zero-order valence-corrected chi connectivity index (χ0v) is 19.6. The normalized spacial score (nSPS) is 25.1. The number of carbonyl (C=O) groups is 1. The van der Waals surface area contributed by atoms with E-state index >= 15 is 4.39 Å². The SMILES string of the molecule is COCc1cn2c(Nc3cc([C@H]4OC[C@@H](OC(=O)NC5(C)CC5)[C@@H]4F)[nH]n3)nc(C3CC3)cc2n1. The average molecular weight is 486 g/mol. The zero-order valence-electron chi connectivity index (χ0n) is 19.6. The number of methoxy groups -OCH3 is 1. The minimum absolute atomic E-state index is 0.0271. The van der Waals surface area contributed by atoms with Gasteiger partial charge in [-0.25, -0.2) is 19.2 Å². The number of alkyl halides is 1. The van der Waals surface area contributed by atoms with E-state index in [0.29, 0.717) is 30.0 Å². The van der Waals surface area contributed by atoms with E-state index in [1.54, 1.807) is 13.2 Å². The summed E-state index contributed by atoms with van der Waals surface area (Å²) in [7, 11) is 1.63. The van der Waals surface area contributed by atoms with E-state index in [4.69, 9.17) is 19.2 Å². The van der Waals surface area contributed by atoms with E-state index in [0.717, 1.165) is 42.7 Å². The fourth-order valence-electron chi connectivity index (χ4n) is 4.28. The lowest BCUT2D eigenvalue weighted by molar-refractivity contribution is 0.0604. The summed E-state index contributed by atoms with van der Waals surface area (Å²) in [6, 6.07) is 3.67. The van der Waals surface area contributed by atoms with E-state index in [9.17, 15) is 4.79 Å². The highest BCUT2D eigenvalue weighted by Gasteiger charge is 2.44. The van der Waals surface area contributed by atoms with Gasteiger partial charge < -0.3 is 24.8 Å². The molecule has 0 spiro atoms. The Kier molecular flexibility index (Phi) is 5.37. The first-order valence-corrected chi connectivity index (χ1v) is 11.9. The van der Waals surface area contributed by atoms with Crippen molar-refractivity contribution >= 4 is 23.5 Å². The molecule has 186 valence electrons. The molecule has 3 aliphatic rings. The van der Waals surface area contributed by atoms with Gasteiger partial charge in [-0.05, 0) is 32.6 Å². The van der Waals surface area contributed by atoms with E-state index < -0.39 is 24.5 Å². The Bertz CT molecular complexity index is 1250. The number of alkyl carbamates (subject to hydrolysis) is 1. The number of aromatic nitrogens is 5. The zero-order chi connectivity index (χ0) is 24.2. The topological polar surface area (TPSA) is 128 Å². The summed E-state index contributed by atoms with van der Waals surface area (Å²) in [5.74, 6) is 1.46. The minimum atomic E-state index is -1.52. The molecule has 35 heavy (non-hydrogen) atoms. The summed E-state index contributed by atoms with van der Waals surface area (Å²) in [4.78, 5) is 21.5. The van der Waals surface area contributed by atoms with Crippen molar-refractivity contribution in [2.45, 2.75) is 69.1 Å². The molecular weight excluding hydrogens is 457 g/mol. The summed E-state index contributed by atoms with van der Waals surface area (Å²) < 4.78 is 33.0. The Hall–Kier alpha value is -3.25. The van der Waals surface area contributed by atoms with Crippen molar-refractivity contribution in [3.05, 3.63) is 35.4 Å². The summed E-state index contributed by atoms with van der Waals surface area (Å²) in [5, 5.41) is 13.1. The number of nitrogens with zero attached hydrogens (tertiary/aromatic N) is 4. The molecule has 0 radical (unpaired) electrons. The monoisotopic (exact) mass is 485 g/mol. The third kappa shape index (κ3) is 4.55. The fraction of sp³-hybridized carbons (Fsp3) is 0.565. The summed E-state index contributed by atoms with van der Waals surface area (Å²) in [5.41, 5.74) is 2.75. The summed E-state index contributed by atoms with van der Waals surface area (Å²) in [6.07, 6.45) is 1.84. The van der Waals surface area contributed by atoms with Crippen LogP contribution in [0.2, 0.25) is 0 Å². The molecule has 1 aliphatic heterocycles. The number of hydrogen-bond donors (Lipinski definition) is 3. The Morgan fingerprint density at radius 1 is 1.34 bits per heavy atom. The van der Waals surface area contributed by atoms with Gasteiger partial charge in [0.1, 0.15) is 11.8 Å². The Morgan fingerprint density at radius 3 is 2.91 bits per heavy atom. The molecule has 4 heterocycles. The van der Waals surface area contributed by atoms with Gasteiger partial charge >= 0.3 is 6.09 Å². The maximum absolute atomic E-state index is 15.1. The van der Waals surface area contributed by atoms with Gasteiger partial charge in [-0.2, -0.15) is 5.10 Å². The smallest absolute Gasteiger partial charge is 0.408 e. The third-order valence-electron chi connectivity index (χ3n) is 6.70. The molecule has 0 bridgehead atoms. The molecule has 2 saturated carbocycles. The predicted molar refractivity (Wildman–Crippen MR) is 122 cm³/mol. The molecule has 6 rings (SSSR count). The quantitative estimate of drug-likeness (QED) is 0.444. The number of hydrogen-bond acceptors (Lipinski definition) is 8. The van der Waals surface area contributed by atoms with Crippen LogP contribution in [0.4, 0.5) is 21.0 Å². The van der Waals surface area contributed by atoms with Gasteiger partial charge in [-0.1, -0.05) is 0 Å². The van der Waals surface area contributed by atoms with E-state index in [1.165, 1.54) is 0 Å². The van der Waals surface area contributed by atoms with Gasteiger partial charge in [0, 0.05) is 36.9 Å². The second kappa shape index (κ2) is 8.45. The van der Waals surface area contributed by atoms with Gasteiger partial charge in [0.05, 0.1) is 30.3 Å². The van der Waals surface area contributed by atoms with Gasteiger partial charge in [0.2, 0.25) is 5.95 Å². The molecule has 11 nitrogen and oxygen atoms in total. The van der Waals surface area contributed by atoms with Crippen LogP contribution in [0.15, 0.2) is 18.3 Å². The van der Waals surface area contributed by atoms with Crippen molar-refractivity contribution < 1.29 is 23.4 Å². The first-order valence-electron chi connectivity index (χ1n) is 11.9. The highest BCUT2D eigenvalue weighted by Crippen LogP contribution is 2.40. The fourth-order valence-corrected chi connectivity index (χ4v) is 4.28. The number of anilines is 2. The third-order valence-corrected chi connectivity index (χ3v) is 6.70. The number of halogens is 1. The van der Waals surface area contributed by atoms with Crippen molar-refractivity contribution in [2.24, 2.45) is 0 Å². The average Bonchev–Trinajstić information content (AvgIpc) is 3.66. The Balaban J connectivity index is 1.17. The molecule has 1 amide bonds. The van der Waals surface area contributed by atoms with Crippen molar-refractivity contribution in [2.75, 3.05) is 19.0 Å². The number of aromatic amines is 1. The van der Waals surface area contributed by atoms with Crippen LogP contribution < -0.4 is 10.6 Å². The van der Waals surface area contributed by atoms with Gasteiger partial charge in [-0.15, -0.1) is 0 Å². The molecule has 3 aromatic rings. The number of fused-ring (bicyclic) bond motifs is 1. The lowest BCUT2D eigenvalue weighted by Gasteiger charge is -2.17. The molecule has 3 atom stereocenters. The summed E-state index contributed by atoms with van der Waals surface area (Å²) >= 11 is 0. The van der Waals surface area contributed by atoms with Crippen LogP contribution in [0.25, 0.3) is 5.65 Å². The molecule has 0 unspecified atom stereocenters. The molecule has 12 heteroatoms. The molecular formula is C23H28FN7O4. The van der Waals surface area contributed by atoms with Crippen molar-refractivity contribution in [1.29, 1.82) is 0 Å². The van der Waals surface area contributed by atoms with E-state index in [2.05, 4.69) is 25.8 Å². The molecule has 3 N–H and O–H groups in total. The van der Waals surface area contributed by atoms with Gasteiger partial charge in [-0.3, -0.25) is 9.50 Å². The van der Waals surface area contributed by atoms with Crippen LogP contribution in [-0.2, 0) is 20.8 Å². The first kappa shape index (κ1) is 22.2. The molecule has 3 aromatic heterocycles. The predicted octanol–water partition coefficient (Wildman–Crippen LogP) is 3.28. The Morgan fingerprint density at radius 2 is 2.17 bits per heavy atom. The van der Waals surface area contributed by atoms with Crippen LogP contribution in [0.3, 0.4) is 0 Å². The Labute approximate surface area is 200 Å². The number of rotatable bonds is 8. The second-order valence-electron chi connectivity index (χ2n) is 9.83. The maximum atomic E-state index is 15.1. The van der Waals surface area contributed by atoms with Crippen molar-refractivity contribution in [3.8, 4) is 0 Å². The number of ether oxygens (including phenoxy) is 3. The van der Waals surface area contributed by atoms with E-state index in [-0.39, 0.29) is 12.1 Å². The first-order chi connectivity index (χ1) is 16.9. The molecule has 3 fully saturated rings.